The quantitative estimate of drug-likeness (QED) is 0.214. The first-order chi connectivity index (χ1) is 20.9. The third-order valence-corrected chi connectivity index (χ3v) is 7.48. The minimum absolute atomic E-state index is 0.0113. The van der Waals surface area contributed by atoms with Gasteiger partial charge >= 0.3 is 0 Å². The molecule has 0 amide bonds. The lowest BCUT2D eigenvalue weighted by atomic mass is 9.96. The summed E-state index contributed by atoms with van der Waals surface area (Å²) in [4.78, 5) is 1.86. The molecule has 43 heavy (non-hydrogen) atoms. The molecule has 0 spiro atoms. The number of nitrogens with zero attached hydrogens (tertiary/aromatic N) is 4. The Morgan fingerprint density at radius 3 is 1.53 bits per heavy atom. The zero-order valence-corrected chi connectivity index (χ0v) is 23.3. The van der Waals surface area contributed by atoms with E-state index >= 15 is 0 Å². The van der Waals surface area contributed by atoms with Crippen LogP contribution < -0.4 is 19.1 Å². The van der Waals surface area contributed by atoms with Crippen LogP contribution in [0, 0.1) is 34.0 Å². The van der Waals surface area contributed by atoms with Gasteiger partial charge in [-0.05, 0) is 46.5 Å². The highest BCUT2D eigenvalue weighted by Crippen LogP contribution is 2.59. The lowest BCUT2D eigenvalue weighted by Crippen LogP contribution is -2.30. The lowest BCUT2D eigenvalue weighted by molar-refractivity contribution is -0.0430. The van der Waals surface area contributed by atoms with Gasteiger partial charge in [0.1, 0.15) is 29.5 Å². The molecular formula is C36H22N4O3. The average molecular weight is 559 g/mol. The van der Waals surface area contributed by atoms with Gasteiger partial charge in [0.25, 0.3) is 0 Å². The fraction of sp³-hybridized carbons (Fsp3) is 0.0833. The van der Waals surface area contributed by atoms with Gasteiger partial charge in [-0.3, -0.25) is 4.90 Å². The van der Waals surface area contributed by atoms with Crippen molar-refractivity contribution in [1.29, 1.82) is 15.8 Å². The fourth-order valence-corrected chi connectivity index (χ4v) is 5.61. The summed E-state index contributed by atoms with van der Waals surface area (Å²) in [7, 11) is 0. The van der Waals surface area contributed by atoms with Gasteiger partial charge in [-0.1, -0.05) is 72.8 Å². The van der Waals surface area contributed by atoms with E-state index in [1.165, 1.54) is 0 Å². The molecule has 2 aliphatic rings. The van der Waals surface area contributed by atoms with Crippen molar-refractivity contribution in [3.8, 4) is 63.5 Å². The molecule has 0 bridgehead atoms. The van der Waals surface area contributed by atoms with Gasteiger partial charge in [0.05, 0.1) is 22.5 Å². The Labute approximate surface area is 248 Å². The highest BCUT2D eigenvalue weighted by Gasteiger charge is 2.43. The molecule has 0 unspecified atom stereocenters. The predicted molar refractivity (Wildman–Crippen MR) is 162 cm³/mol. The number of hydrogen-bond donors (Lipinski definition) is 0. The van der Waals surface area contributed by atoms with E-state index in [0.717, 1.165) is 22.3 Å². The molecule has 5 aromatic rings. The van der Waals surface area contributed by atoms with Crippen LogP contribution in [0.4, 0.5) is 17.1 Å². The summed E-state index contributed by atoms with van der Waals surface area (Å²) < 4.78 is 18.9. The number of hydrogen-bond acceptors (Lipinski definition) is 7. The van der Waals surface area contributed by atoms with Crippen LogP contribution in [0.25, 0.3) is 22.3 Å². The smallest absolute Gasteiger partial charge is 0.246 e. The first-order valence-electron chi connectivity index (χ1n) is 13.6. The molecule has 7 nitrogen and oxygen atoms in total. The summed E-state index contributed by atoms with van der Waals surface area (Å²) >= 11 is 0. The molecule has 0 fully saturated rings. The Bertz CT molecular complexity index is 1980. The molecule has 7 heteroatoms. The zero-order chi connectivity index (χ0) is 29.7. The molecule has 2 heterocycles. The summed E-state index contributed by atoms with van der Waals surface area (Å²) in [5.74, 6) is 0.329. The van der Waals surface area contributed by atoms with Crippen molar-refractivity contribution in [2.75, 3.05) is 4.90 Å². The number of rotatable bonds is 3. The van der Waals surface area contributed by atoms with Gasteiger partial charge in [-0.15, -0.1) is 0 Å². The molecule has 7 rings (SSSR count). The average Bonchev–Trinajstić information content (AvgIpc) is 3.37. The molecule has 2 aliphatic heterocycles. The van der Waals surface area contributed by atoms with Crippen LogP contribution in [0.1, 0.15) is 30.5 Å². The van der Waals surface area contributed by atoms with Crippen molar-refractivity contribution in [3.05, 3.63) is 114 Å². The van der Waals surface area contributed by atoms with Crippen LogP contribution >= 0.6 is 0 Å². The molecule has 0 aromatic heterocycles. The van der Waals surface area contributed by atoms with E-state index in [0.29, 0.717) is 28.6 Å². The van der Waals surface area contributed by atoms with Crippen molar-refractivity contribution in [1.82, 2.24) is 0 Å². The first-order valence-corrected chi connectivity index (χ1v) is 13.6. The Hall–Kier alpha value is -6.23. The molecular weight excluding hydrogens is 536 g/mol. The van der Waals surface area contributed by atoms with Crippen molar-refractivity contribution < 1.29 is 14.2 Å². The van der Waals surface area contributed by atoms with E-state index in [4.69, 9.17) is 14.2 Å². The standard InChI is InChI=1S/C36H22N4O3/c1-36(2)42-34-28(21-39)26(19-37)27(20-38)33(35(34)43-36)40-29-15-13-24(22-9-5-3-6-10-22)17-31(29)41-32-18-25(14-16-30(32)40)23-11-7-4-8-12-23/h3-18H,1-2H3. The lowest BCUT2D eigenvalue weighted by Gasteiger charge is -2.34. The minimum Gasteiger partial charge on any atom is -0.453 e. The summed E-state index contributed by atoms with van der Waals surface area (Å²) in [6, 6.07) is 38.0. The summed E-state index contributed by atoms with van der Waals surface area (Å²) in [5.41, 5.74) is 5.43. The third kappa shape index (κ3) is 4.10. The van der Waals surface area contributed by atoms with Crippen molar-refractivity contribution in [3.63, 3.8) is 0 Å². The molecule has 0 saturated heterocycles. The second-order valence-corrected chi connectivity index (χ2v) is 10.6. The molecule has 0 saturated carbocycles. The van der Waals surface area contributed by atoms with E-state index in [1.54, 1.807) is 13.8 Å². The molecule has 5 aromatic carbocycles. The summed E-state index contributed by atoms with van der Waals surface area (Å²) in [5, 5.41) is 30.6. The molecule has 204 valence electrons. The highest BCUT2D eigenvalue weighted by molar-refractivity contribution is 5.95. The van der Waals surface area contributed by atoms with Crippen LogP contribution in [-0.4, -0.2) is 5.79 Å². The van der Waals surface area contributed by atoms with Gasteiger partial charge in [0, 0.05) is 13.8 Å². The number of ether oxygens (including phenoxy) is 3. The van der Waals surface area contributed by atoms with Crippen molar-refractivity contribution in [2.45, 2.75) is 19.6 Å². The van der Waals surface area contributed by atoms with Gasteiger partial charge in [0.15, 0.2) is 23.0 Å². The van der Waals surface area contributed by atoms with Crippen LogP contribution in [0.15, 0.2) is 97.1 Å². The summed E-state index contributed by atoms with van der Waals surface area (Å²) in [6.45, 7) is 3.44. The second kappa shape index (κ2) is 9.70. The van der Waals surface area contributed by atoms with E-state index in [1.807, 2.05) is 102 Å². The topological polar surface area (TPSA) is 102 Å². The predicted octanol–water partition coefficient (Wildman–Crippen LogP) is 8.72. The highest BCUT2D eigenvalue weighted by atomic mass is 16.7. The van der Waals surface area contributed by atoms with Crippen LogP contribution in [0.5, 0.6) is 23.0 Å². The molecule has 0 aliphatic carbocycles. The van der Waals surface area contributed by atoms with Crippen LogP contribution in [0.2, 0.25) is 0 Å². The van der Waals surface area contributed by atoms with Gasteiger partial charge in [0.2, 0.25) is 5.79 Å². The largest absolute Gasteiger partial charge is 0.453 e. The Balaban J connectivity index is 1.53. The normalized spacial score (nSPS) is 13.5. The number of benzene rings is 5. The van der Waals surface area contributed by atoms with E-state index in [9.17, 15) is 15.8 Å². The van der Waals surface area contributed by atoms with E-state index in [-0.39, 0.29) is 28.2 Å². The first kappa shape index (κ1) is 25.7. The maximum Gasteiger partial charge on any atom is 0.246 e. The fourth-order valence-electron chi connectivity index (χ4n) is 5.61. The maximum absolute atomic E-state index is 10.5. The van der Waals surface area contributed by atoms with E-state index < -0.39 is 5.79 Å². The monoisotopic (exact) mass is 558 g/mol. The Kier molecular flexibility index (Phi) is 5.80. The zero-order valence-electron chi connectivity index (χ0n) is 23.3. The second-order valence-electron chi connectivity index (χ2n) is 10.6. The van der Waals surface area contributed by atoms with Gasteiger partial charge < -0.3 is 14.2 Å². The van der Waals surface area contributed by atoms with E-state index in [2.05, 4.69) is 18.2 Å². The molecule has 0 radical (unpaired) electrons. The Morgan fingerprint density at radius 2 is 1.05 bits per heavy atom. The van der Waals surface area contributed by atoms with Gasteiger partial charge in [-0.2, -0.15) is 15.8 Å². The third-order valence-electron chi connectivity index (χ3n) is 7.48. The van der Waals surface area contributed by atoms with Crippen molar-refractivity contribution >= 4 is 17.1 Å². The van der Waals surface area contributed by atoms with Crippen molar-refractivity contribution in [2.24, 2.45) is 0 Å². The number of fused-ring (bicyclic) bond motifs is 3. The Morgan fingerprint density at radius 1 is 0.558 bits per heavy atom. The number of anilines is 3. The van der Waals surface area contributed by atoms with Gasteiger partial charge in [-0.25, -0.2) is 0 Å². The summed E-state index contributed by atoms with van der Waals surface area (Å²) in [6.07, 6.45) is 0. The SMILES string of the molecule is CC1(C)Oc2c(C#N)c(C#N)c(C#N)c(N3c4ccc(-c5ccccc5)cc4Oc4cc(-c5ccccc5)ccc43)c2O1. The van der Waals surface area contributed by atoms with Crippen LogP contribution in [-0.2, 0) is 0 Å². The number of nitriles is 3. The minimum atomic E-state index is -1.13. The molecule has 0 N–H and O–H groups in total. The molecule has 0 atom stereocenters. The maximum atomic E-state index is 10.5. The van der Waals surface area contributed by atoms with Crippen LogP contribution in [0.3, 0.4) is 0 Å².